The van der Waals surface area contributed by atoms with Crippen LogP contribution in [0.5, 0.6) is 0 Å². The van der Waals surface area contributed by atoms with E-state index in [1.807, 2.05) is 0 Å². The summed E-state index contributed by atoms with van der Waals surface area (Å²) in [5, 5.41) is 8.99. The molecule has 1 amide bonds. The molecule has 1 aliphatic rings. The lowest BCUT2D eigenvalue weighted by molar-refractivity contribution is -0.120. The Morgan fingerprint density at radius 1 is 1.53 bits per heavy atom. The smallest absolute Gasteiger partial charge is 0.335 e. The fourth-order valence-electron chi connectivity index (χ4n) is 2.19. The van der Waals surface area contributed by atoms with Gasteiger partial charge in [0.2, 0.25) is 5.91 Å². The summed E-state index contributed by atoms with van der Waals surface area (Å²) in [7, 11) is 1.48. The fourth-order valence-corrected chi connectivity index (χ4v) is 2.19. The van der Waals surface area contributed by atoms with E-state index in [2.05, 4.69) is 0 Å². The summed E-state index contributed by atoms with van der Waals surface area (Å²) in [4.78, 5) is 24.7. The van der Waals surface area contributed by atoms with E-state index in [0.29, 0.717) is 18.7 Å². The minimum atomic E-state index is -1.01. The second-order valence-electron chi connectivity index (χ2n) is 4.45. The molecule has 0 aliphatic carbocycles. The average molecular weight is 264 g/mol. The molecule has 102 valence electrons. The summed E-state index contributed by atoms with van der Waals surface area (Å²) >= 11 is 0. The Labute approximate surface area is 110 Å². The van der Waals surface area contributed by atoms with Gasteiger partial charge in [-0.1, -0.05) is 6.07 Å². The Bertz CT molecular complexity index is 515. The van der Waals surface area contributed by atoms with Crippen molar-refractivity contribution in [3.63, 3.8) is 0 Å². The zero-order valence-corrected chi connectivity index (χ0v) is 10.6. The van der Waals surface area contributed by atoms with Gasteiger partial charge in [0.25, 0.3) is 0 Å². The van der Waals surface area contributed by atoms with Crippen LogP contribution in [0.1, 0.15) is 15.9 Å². The fraction of sp³-hybridized carbons (Fsp3) is 0.385. The number of carbonyl (C=O) groups is 2. The number of anilines is 1. The van der Waals surface area contributed by atoms with Crippen molar-refractivity contribution in [1.82, 2.24) is 0 Å². The Hall–Kier alpha value is -1.92. The van der Waals surface area contributed by atoms with E-state index in [1.165, 1.54) is 18.1 Å². The lowest BCUT2D eigenvalue weighted by Gasteiger charge is -2.21. The number of carbonyl (C=O) groups excluding carboxylic acids is 1. The molecule has 0 saturated heterocycles. The normalized spacial score (nSPS) is 15.2. The first kappa shape index (κ1) is 13.5. The van der Waals surface area contributed by atoms with Crippen molar-refractivity contribution in [3.05, 3.63) is 29.3 Å². The molecule has 1 aliphatic heterocycles. The van der Waals surface area contributed by atoms with E-state index in [0.717, 1.165) is 5.56 Å². The van der Waals surface area contributed by atoms with Crippen molar-refractivity contribution in [2.75, 3.05) is 25.2 Å². The van der Waals surface area contributed by atoms with Gasteiger partial charge in [-0.05, 0) is 24.1 Å². The van der Waals surface area contributed by atoms with Crippen molar-refractivity contribution in [2.45, 2.75) is 12.5 Å². The number of methoxy groups -OCH3 is 1. The molecule has 6 nitrogen and oxygen atoms in total. The number of carboxylic acids is 1. The van der Waals surface area contributed by atoms with E-state index in [9.17, 15) is 9.59 Å². The molecular weight excluding hydrogens is 248 g/mol. The largest absolute Gasteiger partial charge is 0.478 e. The van der Waals surface area contributed by atoms with Crippen LogP contribution < -0.4 is 10.6 Å². The number of rotatable bonds is 4. The number of amides is 1. The Morgan fingerprint density at radius 2 is 2.26 bits per heavy atom. The maximum atomic E-state index is 12.2. The molecule has 6 heteroatoms. The van der Waals surface area contributed by atoms with E-state index in [4.69, 9.17) is 15.6 Å². The number of ether oxygens (including phenoxy) is 1. The Kier molecular flexibility index (Phi) is 3.82. The summed E-state index contributed by atoms with van der Waals surface area (Å²) in [6.07, 6.45) is 0.709. The van der Waals surface area contributed by atoms with Gasteiger partial charge in [0.1, 0.15) is 6.04 Å². The maximum Gasteiger partial charge on any atom is 0.335 e. The van der Waals surface area contributed by atoms with E-state index in [-0.39, 0.29) is 18.1 Å². The van der Waals surface area contributed by atoms with Gasteiger partial charge in [-0.3, -0.25) is 4.79 Å². The highest BCUT2D eigenvalue weighted by Crippen LogP contribution is 2.29. The van der Waals surface area contributed by atoms with Gasteiger partial charge in [-0.2, -0.15) is 0 Å². The van der Waals surface area contributed by atoms with Gasteiger partial charge in [0, 0.05) is 19.3 Å². The molecule has 1 unspecified atom stereocenters. The van der Waals surface area contributed by atoms with E-state index >= 15 is 0 Å². The number of aromatic carboxylic acids is 1. The average Bonchev–Trinajstić information content (AvgIpc) is 2.80. The minimum absolute atomic E-state index is 0.142. The SMILES string of the molecule is COCC(N)C(=O)N1CCc2ccc(C(=O)O)cc21. The predicted octanol–water partition coefficient (Wildman–Crippen LogP) is 0.248. The monoisotopic (exact) mass is 264 g/mol. The first-order valence-corrected chi connectivity index (χ1v) is 5.96. The third-order valence-corrected chi connectivity index (χ3v) is 3.16. The van der Waals surface area contributed by atoms with Crippen LogP contribution in [0.2, 0.25) is 0 Å². The molecule has 0 radical (unpaired) electrons. The topological polar surface area (TPSA) is 92.9 Å². The number of hydrogen-bond acceptors (Lipinski definition) is 4. The summed E-state index contributed by atoms with van der Waals surface area (Å²) in [5.41, 5.74) is 7.49. The van der Waals surface area contributed by atoms with Crippen LogP contribution in [0.3, 0.4) is 0 Å². The zero-order chi connectivity index (χ0) is 14.0. The van der Waals surface area contributed by atoms with Crippen LogP contribution in [0, 0.1) is 0 Å². The number of nitrogens with two attached hydrogens (primary N) is 1. The lowest BCUT2D eigenvalue weighted by Crippen LogP contribution is -2.45. The van der Waals surface area contributed by atoms with Crippen LogP contribution in [-0.4, -0.2) is 43.3 Å². The molecule has 0 spiro atoms. The first-order chi connectivity index (χ1) is 9.04. The highest BCUT2D eigenvalue weighted by Gasteiger charge is 2.28. The van der Waals surface area contributed by atoms with Crippen LogP contribution >= 0.6 is 0 Å². The number of nitrogens with zero attached hydrogens (tertiary/aromatic N) is 1. The molecule has 0 saturated carbocycles. The maximum absolute atomic E-state index is 12.2. The van der Waals surface area contributed by atoms with Crippen LogP contribution in [0.15, 0.2) is 18.2 Å². The van der Waals surface area contributed by atoms with Gasteiger partial charge in [-0.25, -0.2) is 4.79 Å². The van der Waals surface area contributed by atoms with Crippen molar-refractivity contribution in [1.29, 1.82) is 0 Å². The molecule has 3 N–H and O–H groups in total. The Morgan fingerprint density at radius 3 is 2.89 bits per heavy atom. The highest BCUT2D eigenvalue weighted by atomic mass is 16.5. The van der Waals surface area contributed by atoms with E-state index < -0.39 is 12.0 Å². The zero-order valence-electron chi connectivity index (χ0n) is 10.6. The Balaban J connectivity index is 2.27. The lowest BCUT2D eigenvalue weighted by atomic mass is 10.1. The highest BCUT2D eigenvalue weighted by molar-refractivity contribution is 6.00. The van der Waals surface area contributed by atoms with Crippen molar-refractivity contribution in [3.8, 4) is 0 Å². The van der Waals surface area contributed by atoms with E-state index in [1.54, 1.807) is 12.1 Å². The molecule has 1 aromatic carbocycles. The van der Waals surface area contributed by atoms with Crippen molar-refractivity contribution < 1.29 is 19.4 Å². The molecule has 0 bridgehead atoms. The molecule has 1 aromatic rings. The van der Waals surface area contributed by atoms with Gasteiger partial charge in [-0.15, -0.1) is 0 Å². The molecular formula is C13H16N2O4. The van der Waals surface area contributed by atoms with Crippen LogP contribution in [0.4, 0.5) is 5.69 Å². The number of fused-ring (bicyclic) bond motifs is 1. The molecule has 19 heavy (non-hydrogen) atoms. The second kappa shape index (κ2) is 5.38. The van der Waals surface area contributed by atoms with Gasteiger partial charge in [0.05, 0.1) is 12.2 Å². The predicted molar refractivity (Wildman–Crippen MR) is 69.3 cm³/mol. The number of hydrogen-bond donors (Lipinski definition) is 2. The van der Waals surface area contributed by atoms with Gasteiger partial charge >= 0.3 is 5.97 Å². The third-order valence-electron chi connectivity index (χ3n) is 3.16. The molecule has 1 atom stereocenters. The standard InChI is InChI=1S/C13H16N2O4/c1-19-7-10(14)12(16)15-5-4-8-2-3-9(13(17)18)6-11(8)15/h2-3,6,10H,4-5,7,14H2,1H3,(H,17,18). The third kappa shape index (κ3) is 2.59. The molecule has 1 heterocycles. The molecule has 2 rings (SSSR count). The summed E-state index contributed by atoms with van der Waals surface area (Å²) < 4.78 is 4.87. The molecule has 0 fully saturated rings. The number of benzene rings is 1. The van der Waals surface area contributed by atoms with Crippen LogP contribution in [0.25, 0.3) is 0 Å². The van der Waals surface area contributed by atoms with Crippen LogP contribution in [-0.2, 0) is 16.0 Å². The minimum Gasteiger partial charge on any atom is -0.478 e. The van der Waals surface area contributed by atoms with Gasteiger partial charge < -0.3 is 20.5 Å². The second-order valence-corrected chi connectivity index (χ2v) is 4.45. The van der Waals surface area contributed by atoms with Crippen molar-refractivity contribution >= 4 is 17.6 Å². The van der Waals surface area contributed by atoms with Gasteiger partial charge in [0.15, 0.2) is 0 Å². The summed E-state index contributed by atoms with van der Waals surface area (Å²) in [5.74, 6) is -1.26. The quantitative estimate of drug-likeness (QED) is 0.813. The first-order valence-electron chi connectivity index (χ1n) is 5.96. The summed E-state index contributed by atoms with van der Waals surface area (Å²) in [6, 6.07) is 4.07. The summed E-state index contributed by atoms with van der Waals surface area (Å²) in [6.45, 7) is 0.665. The number of carboxylic acid groups (broad SMARTS) is 1. The van der Waals surface area contributed by atoms with Crippen molar-refractivity contribution in [2.24, 2.45) is 5.73 Å². The molecule has 0 aromatic heterocycles.